The van der Waals surface area contributed by atoms with Gasteiger partial charge in [0.05, 0.1) is 0 Å². The number of rotatable bonds is 0. The lowest BCUT2D eigenvalue weighted by atomic mass is 9.53. The van der Waals surface area contributed by atoms with Crippen LogP contribution in [0.1, 0.15) is 71.1 Å². The number of fused-ring (bicyclic) bond motifs is 5. The summed E-state index contributed by atoms with van der Waals surface area (Å²) < 4.78 is 0. The smallest absolute Gasteiger partial charge is 0.0352 e. The molecule has 0 saturated heterocycles. The zero-order valence-corrected chi connectivity index (χ0v) is 12.1. The first-order valence-electron chi connectivity index (χ1n) is 8.83. The zero-order chi connectivity index (χ0) is 12.1. The summed E-state index contributed by atoms with van der Waals surface area (Å²) in [5.41, 5.74) is 0. The molecule has 0 heteroatoms. The monoisotopic (exact) mass is 246 g/mol. The molecule has 102 valence electrons. The summed E-state index contributed by atoms with van der Waals surface area (Å²) in [6.45, 7) is 2.50. The van der Waals surface area contributed by atoms with Gasteiger partial charge in [0.15, 0.2) is 0 Å². The molecule has 0 aliphatic heterocycles. The molecule has 0 radical (unpaired) electrons. The first kappa shape index (κ1) is 11.8. The molecule has 0 amide bonds. The van der Waals surface area contributed by atoms with Crippen LogP contribution in [0.3, 0.4) is 0 Å². The minimum atomic E-state index is 1.03. The summed E-state index contributed by atoms with van der Waals surface area (Å²) in [6, 6.07) is 0. The van der Waals surface area contributed by atoms with Crippen molar-refractivity contribution in [3.8, 4) is 0 Å². The molecule has 0 spiro atoms. The summed E-state index contributed by atoms with van der Waals surface area (Å²) in [7, 11) is 0. The van der Waals surface area contributed by atoms with Gasteiger partial charge in [0.1, 0.15) is 0 Å². The van der Waals surface area contributed by atoms with Crippen LogP contribution in [0.15, 0.2) is 0 Å². The largest absolute Gasteiger partial charge is 0.0625 e. The van der Waals surface area contributed by atoms with E-state index in [1.165, 1.54) is 11.8 Å². The normalized spacial score (nSPS) is 55.5. The van der Waals surface area contributed by atoms with E-state index >= 15 is 0 Å². The van der Waals surface area contributed by atoms with Crippen molar-refractivity contribution in [2.24, 2.45) is 41.4 Å². The SMILES string of the molecule is CC1CC[C@H]2C(CC[C@H]3[C@@H]4CCC[C@H]4CC[C@@H]32)C1. The maximum Gasteiger partial charge on any atom is -0.0352 e. The van der Waals surface area contributed by atoms with Crippen LogP contribution in [0.2, 0.25) is 0 Å². The highest BCUT2D eigenvalue weighted by atomic mass is 14.5. The molecule has 0 N–H and O–H groups in total. The predicted molar refractivity (Wildman–Crippen MR) is 76.3 cm³/mol. The third-order valence-corrected chi connectivity index (χ3v) is 7.41. The second-order valence-corrected chi connectivity index (χ2v) is 8.18. The van der Waals surface area contributed by atoms with Crippen LogP contribution in [0.25, 0.3) is 0 Å². The molecule has 4 saturated carbocycles. The Balaban J connectivity index is 1.53. The van der Waals surface area contributed by atoms with Crippen LogP contribution < -0.4 is 0 Å². The van der Waals surface area contributed by atoms with E-state index in [0.717, 1.165) is 29.6 Å². The minimum Gasteiger partial charge on any atom is -0.0625 e. The van der Waals surface area contributed by atoms with Crippen LogP contribution in [-0.2, 0) is 0 Å². The van der Waals surface area contributed by atoms with Gasteiger partial charge < -0.3 is 0 Å². The van der Waals surface area contributed by atoms with E-state index < -0.39 is 0 Å². The lowest BCUT2D eigenvalue weighted by Gasteiger charge is -2.52. The molecule has 18 heavy (non-hydrogen) atoms. The second kappa shape index (κ2) is 4.53. The zero-order valence-electron chi connectivity index (χ0n) is 12.1. The molecule has 0 nitrogen and oxygen atoms in total. The standard InChI is InChI=1S/C18H30/c1-12-5-8-16-14(11-12)7-10-17-15-4-2-3-13(15)6-9-18(16)17/h12-18H,2-11H2,1H3/t12?,13-,14?,15+,16-,17-,18+/m0/s1. The van der Waals surface area contributed by atoms with Gasteiger partial charge in [-0.15, -0.1) is 0 Å². The molecular weight excluding hydrogens is 216 g/mol. The lowest BCUT2D eigenvalue weighted by Crippen LogP contribution is -2.44. The highest BCUT2D eigenvalue weighted by Gasteiger charge is 2.48. The lowest BCUT2D eigenvalue weighted by molar-refractivity contribution is -0.0269. The van der Waals surface area contributed by atoms with E-state index in [1.807, 2.05) is 0 Å². The quantitative estimate of drug-likeness (QED) is 0.546. The first-order valence-corrected chi connectivity index (χ1v) is 8.83. The van der Waals surface area contributed by atoms with Crippen molar-refractivity contribution in [1.82, 2.24) is 0 Å². The van der Waals surface area contributed by atoms with Gasteiger partial charge in [0.25, 0.3) is 0 Å². The van der Waals surface area contributed by atoms with Gasteiger partial charge in [-0.05, 0) is 86.4 Å². The maximum atomic E-state index is 2.50. The molecule has 7 atom stereocenters. The molecule has 2 unspecified atom stereocenters. The third kappa shape index (κ3) is 1.78. The fraction of sp³-hybridized carbons (Fsp3) is 1.00. The van der Waals surface area contributed by atoms with Gasteiger partial charge in [-0.1, -0.05) is 26.2 Å². The van der Waals surface area contributed by atoms with Crippen LogP contribution >= 0.6 is 0 Å². The second-order valence-electron chi connectivity index (χ2n) is 8.18. The summed E-state index contributed by atoms with van der Waals surface area (Å²) in [5.74, 6) is 7.98. The summed E-state index contributed by atoms with van der Waals surface area (Å²) in [5, 5.41) is 0. The average molecular weight is 246 g/mol. The summed E-state index contributed by atoms with van der Waals surface area (Å²) in [4.78, 5) is 0. The molecule has 4 aliphatic carbocycles. The highest BCUT2D eigenvalue weighted by Crippen LogP contribution is 2.58. The van der Waals surface area contributed by atoms with Crippen molar-refractivity contribution in [2.75, 3.05) is 0 Å². The van der Waals surface area contributed by atoms with Crippen LogP contribution in [0.5, 0.6) is 0 Å². The molecule has 4 rings (SSSR count). The van der Waals surface area contributed by atoms with Crippen LogP contribution in [-0.4, -0.2) is 0 Å². The molecule has 4 fully saturated rings. The molecular formula is C18H30. The van der Waals surface area contributed by atoms with Crippen LogP contribution in [0.4, 0.5) is 0 Å². The van der Waals surface area contributed by atoms with Crippen molar-refractivity contribution in [3.63, 3.8) is 0 Å². The summed E-state index contributed by atoms with van der Waals surface area (Å²) >= 11 is 0. The van der Waals surface area contributed by atoms with E-state index in [-0.39, 0.29) is 0 Å². The first-order chi connectivity index (χ1) is 8.83. The van der Waals surface area contributed by atoms with E-state index in [9.17, 15) is 0 Å². The molecule has 0 bridgehead atoms. The Hall–Kier alpha value is 0. The van der Waals surface area contributed by atoms with Gasteiger partial charge in [-0.2, -0.15) is 0 Å². The predicted octanol–water partition coefficient (Wildman–Crippen LogP) is 5.28. The van der Waals surface area contributed by atoms with E-state index in [1.54, 1.807) is 64.2 Å². The molecule has 4 aliphatic rings. The fourth-order valence-electron chi connectivity index (χ4n) is 6.71. The summed E-state index contributed by atoms with van der Waals surface area (Å²) in [6.07, 6.45) is 15.9. The van der Waals surface area contributed by atoms with Gasteiger partial charge in [-0.3, -0.25) is 0 Å². The molecule has 0 aromatic rings. The number of hydrogen-bond acceptors (Lipinski definition) is 0. The Morgan fingerprint density at radius 2 is 1.22 bits per heavy atom. The average Bonchev–Trinajstić information content (AvgIpc) is 2.86. The van der Waals surface area contributed by atoms with Crippen molar-refractivity contribution >= 4 is 0 Å². The van der Waals surface area contributed by atoms with E-state index in [4.69, 9.17) is 0 Å². The number of hydrogen-bond donors (Lipinski definition) is 0. The Morgan fingerprint density at radius 3 is 2.06 bits per heavy atom. The molecule has 0 aromatic carbocycles. The molecule has 0 aromatic heterocycles. The Labute approximate surface area is 113 Å². The van der Waals surface area contributed by atoms with Gasteiger partial charge in [0, 0.05) is 0 Å². The van der Waals surface area contributed by atoms with E-state index in [2.05, 4.69) is 6.92 Å². The van der Waals surface area contributed by atoms with Gasteiger partial charge >= 0.3 is 0 Å². The Bertz CT molecular complexity index is 307. The maximum absolute atomic E-state index is 2.50. The van der Waals surface area contributed by atoms with Gasteiger partial charge in [0.2, 0.25) is 0 Å². The van der Waals surface area contributed by atoms with Gasteiger partial charge in [-0.25, -0.2) is 0 Å². The topological polar surface area (TPSA) is 0 Å². The fourth-order valence-corrected chi connectivity index (χ4v) is 6.71. The Kier molecular flexibility index (Phi) is 2.97. The van der Waals surface area contributed by atoms with Crippen molar-refractivity contribution in [2.45, 2.75) is 71.1 Å². The highest BCUT2D eigenvalue weighted by molar-refractivity contribution is 4.98. The minimum absolute atomic E-state index is 1.03. The van der Waals surface area contributed by atoms with Crippen molar-refractivity contribution in [1.29, 1.82) is 0 Å². The molecule has 0 heterocycles. The third-order valence-electron chi connectivity index (χ3n) is 7.41. The Morgan fingerprint density at radius 1 is 0.556 bits per heavy atom. The van der Waals surface area contributed by atoms with Crippen molar-refractivity contribution < 1.29 is 0 Å². The van der Waals surface area contributed by atoms with Crippen LogP contribution in [0, 0.1) is 41.4 Å². The van der Waals surface area contributed by atoms with Crippen molar-refractivity contribution in [3.05, 3.63) is 0 Å². The van der Waals surface area contributed by atoms with E-state index in [0.29, 0.717) is 0 Å².